The Morgan fingerprint density at radius 2 is 1.76 bits per heavy atom. The number of benzene rings is 3. The number of sulfonamides is 1. The van der Waals surface area contributed by atoms with Gasteiger partial charge in [-0.3, -0.25) is 19.8 Å². The standard InChI is InChI=1S/C52H61ClN8O8S/c1-51(2)16-12-36(42(28-51)34-4-6-38(53)7-5-34)31-58-18-20-59(21-19-58)39-8-10-41(49(62)57-70(66,67)40-9-11-43(45(26-40)61(64)65)55-30-33-14-22-68-23-15-33)44(25-39)60-32-37-27-52(3,63)29-47(37)69-50-46(60)24-35-13-17-54-48(35)56-50/h4-11,13,17,24-26,33,37,47,55,63H,12,14-16,18-23,27-32H2,1-3H3,(H,54,56)(H,57,62)/t37-,47-,52+/m0/s1. The number of aromatic nitrogens is 2. The number of nitrogens with one attached hydrogen (secondary N) is 3. The molecule has 3 aliphatic heterocycles. The van der Waals surface area contributed by atoms with Crippen molar-refractivity contribution >= 4 is 72.6 Å². The molecule has 10 rings (SSSR count). The number of allylic oxidation sites excluding steroid dienone is 1. The number of hydrogen-bond acceptors (Lipinski definition) is 13. The van der Waals surface area contributed by atoms with Gasteiger partial charge in [-0.1, -0.05) is 43.2 Å². The lowest BCUT2D eigenvalue weighted by atomic mass is 9.72. The largest absolute Gasteiger partial charge is 0.472 e. The molecule has 3 atom stereocenters. The molecule has 16 nitrogen and oxygen atoms in total. The Hall–Kier alpha value is -5.72. The fourth-order valence-electron chi connectivity index (χ4n) is 11.1. The number of halogens is 1. The summed E-state index contributed by atoms with van der Waals surface area (Å²) in [4.78, 5) is 40.7. The van der Waals surface area contributed by atoms with Crippen molar-refractivity contribution in [3.63, 3.8) is 0 Å². The molecule has 2 aliphatic carbocycles. The molecule has 3 aromatic carbocycles. The molecule has 2 saturated heterocycles. The topological polar surface area (TPSA) is 195 Å². The molecule has 0 radical (unpaired) electrons. The van der Waals surface area contributed by atoms with Crippen LogP contribution >= 0.6 is 11.6 Å². The second-order valence-electron chi connectivity index (χ2n) is 20.9. The van der Waals surface area contributed by atoms with Gasteiger partial charge < -0.3 is 34.7 Å². The third kappa shape index (κ3) is 10.2. The quantitative estimate of drug-likeness (QED) is 0.0684. The lowest BCUT2D eigenvalue weighted by Gasteiger charge is -2.39. The maximum absolute atomic E-state index is 14.7. The van der Waals surface area contributed by atoms with Crippen molar-refractivity contribution in [1.82, 2.24) is 19.6 Å². The molecular weight excluding hydrogens is 932 g/mol. The van der Waals surface area contributed by atoms with Crippen LogP contribution < -0.4 is 24.6 Å². The maximum Gasteiger partial charge on any atom is 0.293 e. The van der Waals surface area contributed by atoms with E-state index in [1.54, 1.807) is 19.2 Å². The van der Waals surface area contributed by atoms with E-state index in [9.17, 15) is 28.4 Å². The summed E-state index contributed by atoms with van der Waals surface area (Å²) < 4.78 is 42.6. The van der Waals surface area contributed by atoms with Gasteiger partial charge in [-0.05, 0) is 123 Å². The fraction of sp³-hybridized carbons (Fsp3) is 0.462. The lowest BCUT2D eigenvalue weighted by molar-refractivity contribution is -0.384. The van der Waals surface area contributed by atoms with Gasteiger partial charge in [0, 0.05) is 99.7 Å². The first-order valence-electron chi connectivity index (χ1n) is 24.4. The van der Waals surface area contributed by atoms with Crippen LogP contribution in [0.25, 0.3) is 16.6 Å². The molecule has 70 heavy (non-hydrogen) atoms. The van der Waals surface area contributed by atoms with E-state index in [0.717, 1.165) is 73.9 Å². The summed E-state index contributed by atoms with van der Waals surface area (Å²) in [5.74, 6) is -0.498. The Bertz CT molecular complexity index is 2940. The minimum Gasteiger partial charge on any atom is -0.472 e. The zero-order valence-corrected chi connectivity index (χ0v) is 41.5. The highest BCUT2D eigenvalue weighted by Gasteiger charge is 2.46. The van der Waals surface area contributed by atoms with Gasteiger partial charge in [0.2, 0.25) is 5.88 Å². The Labute approximate surface area is 413 Å². The summed E-state index contributed by atoms with van der Waals surface area (Å²) >= 11 is 6.29. The summed E-state index contributed by atoms with van der Waals surface area (Å²) in [6.45, 7) is 12.4. The number of piperazine rings is 1. The van der Waals surface area contributed by atoms with E-state index in [4.69, 9.17) is 26.1 Å². The second kappa shape index (κ2) is 19.1. The van der Waals surface area contributed by atoms with Gasteiger partial charge in [0.25, 0.3) is 21.6 Å². The highest BCUT2D eigenvalue weighted by Crippen LogP contribution is 2.48. The van der Waals surface area contributed by atoms with E-state index < -0.39 is 37.0 Å². The average Bonchev–Trinajstić information content (AvgIpc) is 3.88. The normalized spacial score (nSPS) is 23.1. The first kappa shape index (κ1) is 47.9. The smallest absolute Gasteiger partial charge is 0.293 e. The van der Waals surface area contributed by atoms with Gasteiger partial charge in [0.05, 0.1) is 26.7 Å². The third-order valence-electron chi connectivity index (χ3n) is 15.0. The van der Waals surface area contributed by atoms with E-state index in [1.165, 1.54) is 28.8 Å². The highest BCUT2D eigenvalue weighted by molar-refractivity contribution is 7.90. The number of aliphatic hydroxyl groups is 1. The monoisotopic (exact) mass is 992 g/mol. The number of nitro groups is 1. The van der Waals surface area contributed by atoms with Crippen LogP contribution in [-0.2, 0) is 14.8 Å². The molecule has 0 bridgehead atoms. The Morgan fingerprint density at radius 3 is 2.51 bits per heavy atom. The average molecular weight is 994 g/mol. The highest BCUT2D eigenvalue weighted by atomic mass is 35.5. The molecule has 1 saturated carbocycles. The zero-order valence-electron chi connectivity index (χ0n) is 39.9. The maximum atomic E-state index is 14.7. The number of aromatic amines is 1. The number of carbonyl (C=O) groups excluding carboxylic acids is 1. The zero-order chi connectivity index (χ0) is 49.0. The minimum absolute atomic E-state index is 0.0698. The van der Waals surface area contributed by atoms with Crippen LogP contribution in [0.5, 0.6) is 5.88 Å². The number of nitrogens with zero attached hydrogens (tertiary/aromatic N) is 5. The van der Waals surface area contributed by atoms with Gasteiger partial charge in [-0.2, -0.15) is 4.98 Å². The number of nitro benzene ring substituents is 1. The molecule has 18 heteroatoms. The number of pyridine rings is 1. The Kier molecular flexibility index (Phi) is 13.1. The first-order chi connectivity index (χ1) is 33.5. The third-order valence-corrected chi connectivity index (χ3v) is 16.6. The number of hydrogen-bond donors (Lipinski definition) is 4. The molecule has 2 aromatic heterocycles. The van der Waals surface area contributed by atoms with Crippen molar-refractivity contribution in [3.05, 3.63) is 111 Å². The van der Waals surface area contributed by atoms with Crippen molar-refractivity contribution in [3.8, 4) is 5.88 Å². The number of rotatable bonds is 12. The van der Waals surface area contributed by atoms with E-state index in [2.05, 4.69) is 50.8 Å². The van der Waals surface area contributed by atoms with Crippen LogP contribution in [0.1, 0.15) is 81.6 Å². The van der Waals surface area contributed by atoms with Gasteiger partial charge >= 0.3 is 0 Å². The molecule has 370 valence electrons. The predicted octanol–water partition coefficient (Wildman–Crippen LogP) is 8.93. The van der Waals surface area contributed by atoms with Gasteiger partial charge in [-0.15, -0.1) is 0 Å². The van der Waals surface area contributed by atoms with Crippen LogP contribution in [0.2, 0.25) is 5.02 Å². The van der Waals surface area contributed by atoms with Crippen molar-refractivity contribution in [1.29, 1.82) is 0 Å². The Morgan fingerprint density at radius 1 is 0.986 bits per heavy atom. The molecule has 0 spiro atoms. The van der Waals surface area contributed by atoms with Crippen LogP contribution in [0.4, 0.5) is 28.4 Å². The fourth-order valence-corrected chi connectivity index (χ4v) is 12.2. The minimum atomic E-state index is -4.63. The summed E-state index contributed by atoms with van der Waals surface area (Å²) in [6.07, 6.45) is 7.03. The molecule has 3 fully saturated rings. The summed E-state index contributed by atoms with van der Waals surface area (Å²) in [7, 11) is -4.63. The van der Waals surface area contributed by atoms with Crippen LogP contribution in [0.15, 0.2) is 89.5 Å². The Balaban J connectivity index is 0.962. The first-order valence-corrected chi connectivity index (χ1v) is 26.2. The summed E-state index contributed by atoms with van der Waals surface area (Å²) in [6, 6.07) is 21.1. The van der Waals surface area contributed by atoms with Crippen LogP contribution in [0.3, 0.4) is 0 Å². The van der Waals surface area contributed by atoms with Crippen molar-refractivity contribution in [2.24, 2.45) is 17.3 Å². The molecule has 5 aromatic rings. The second-order valence-corrected chi connectivity index (χ2v) is 23.0. The molecule has 1 amide bonds. The number of amides is 1. The molecule has 0 unspecified atom stereocenters. The van der Waals surface area contributed by atoms with Crippen molar-refractivity contribution in [2.45, 2.75) is 82.3 Å². The number of ether oxygens (including phenoxy) is 2. The lowest BCUT2D eigenvalue weighted by Crippen LogP contribution is -2.47. The van der Waals surface area contributed by atoms with E-state index >= 15 is 0 Å². The molecular formula is C52H61ClN8O8S. The van der Waals surface area contributed by atoms with E-state index in [-0.39, 0.29) is 34.6 Å². The molecule has 5 aliphatic rings. The van der Waals surface area contributed by atoms with E-state index in [0.29, 0.717) is 75.1 Å². The molecule has 4 N–H and O–H groups in total. The number of anilines is 4. The molecule has 5 heterocycles. The predicted molar refractivity (Wildman–Crippen MR) is 272 cm³/mol. The number of H-pyrrole nitrogens is 1. The van der Waals surface area contributed by atoms with Crippen LogP contribution in [0, 0.1) is 27.4 Å². The van der Waals surface area contributed by atoms with Crippen molar-refractivity contribution in [2.75, 3.05) is 74.1 Å². The van der Waals surface area contributed by atoms with Crippen molar-refractivity contribution < 1.29 is 32.7 Å². The number of carbonyl (C=O) groups is 1. The summed E-state index contributed by atoms with van der Waals surface area (Å²) in [5, 5.41) is 28.3. The van der Waals surface area contributed by atoms with E-state index in [1.807, 2.05) is 41.3 Å². The van der Waals surface area contributed by atoms with Gasteiger partial charge in [0.15, 0.2) is 0 Å². The number of fused-ring (bicyclic) bond motifs is 3. The van der Waals surface area contributed by atoms with Gasteiger partial charge in [0.1, 0.15) is 23.1 Å². The van der Waals surface area contributed by atoms with Gasteiger partial charge in [-0.25, -0.2) is 13.1 Å². The SMILES string of the molecule is CC1(C)CCC(CN2CCN(c3ccc(C(=O)NS(=O)(=O)c4ccc(NCC5CCOCC5)c([N+](=O)[O-])c4)c(N4C[C@@H]5C[C@@](C)(O)C[C@@H]5Oc5nc6[nH]ccc6cc54)c3)CC2)=C(c2ccc(Cl)cc2)C1. The summed E-state index contributed by atoms with van der Waals surface area (Å²) in [5.41, 5.74) is 5.65. The van der Waals surface area contributed by atoms with Crippen LogP contribution in [-0.4, -0.2) is 110 Å².